The van der Waals surface area contributed by atoms with E-state index in [4.69, 9.17) is 14.6 Å². The van der Waals surface area contributed by atoms with E-state index in [1.165, 1.54) is 18.3 Å². The predicted molar refractivity (Wildman–Crippen MR) is 57.9 cm³/mol. The van der Waals surface area contributed by atoms with E-state index in [0.29, 0.717) is 5.75 Å². The summed E-state index contributed by atoms with van der Waals surface area (Å²) in [5.41, 5.74) is -0.0823. The number of hydrogen-bond donors (Lipinski definition) is 1. The largest absolute Gasteiger partial charge is 0.477 e. The molecule has 92 valence electrons. The second kappa shape index (κ2) is 5.83. The number of carboxylic acids is 1. The van der Waals surface area contributed by atoms with Crippen molar-refractivity contribution in [3.05, 3.63) is 24.0 Å². The van der Waals surface area contributed by atoms with Crippen LogP contribution in [0.1, 0.15) is 24.3 Å². The van der Waals surface area contributed by atoms with Gasteiger partial charge >= 0.3 is 11.9 Å². The van der Waals surface area contributed by atoms with Crippen LogP contribution in [0.5, 0.6) is 5.75 Å². The van der Waals surface area contributed by atoms with E-state index in [9.17, 15) is 9.59 Å². The van der Waals surface area contributed by atoms with Gasteiger partial charge in [-0.3, -0.25) is 0 Å². The molecule has 1 N–H and O–H groups in total. The van der Waals surface area contributed by atoms with Gasteiger partial charge in [-0.1, -0.05) is 0 Å². The number of rotatable bonds is 5. The van der Waals surface area contributed by atoms with Crippen molar-refractivity contribution in [1.82, 2.24) is 4.98 Å². The fourth-order valence-electron chi connectivity index (χ4n) is 1.09. The minimum absolute atomic E-state index is 0.0823. The first-order chi connectivity index (χ1) is 8.04. The fraction of sp³-hybridized carbons (Fsp3) is 0.364. The van der Waals surface area contributed by atoms with Gasteiger partial charge in [0.1, 0.15) is 11.4 Å². The number of esters is 1. The third-order valence-electron chi connectivity index (χ3n) is 1.89. The number of carbonyl (C=O) groups is 2. The Hall–Kier alpha value is -2.11. The third-order valence-corrected chi connectivity index (χ3v) is 1.89. The van der Waals surface area contributed by atoms with Crippen LogP contribution in [0, 0.1) is 0 Å². The summed E-state index contributed by atoms with van der Waals surface area (Å²) in [7, 11) is 0. The number of ether oxygens (including phenoxy) is 2. The molecule has 17 heavy (non-hydrogen) atoms. The summed E-state index contributed by atoms with van der Waals surface area (Å²) in [4.78, 5) is 25.5. The van der Waals surface area contributed by atoms with E-state index in [2.05, 4.69) is 4.98 Å². The van der Waals surface area contributed by atoms with E-state index in [0.717, 1.165) is 0 Å². The Morgan fingerprint density at radius 1 is 1.47 bits per heavy atom. The van der Waals surface area contributed by atoms with E-state index in [1.54, 1.807) is 13.8 Å². The molecular weight excluding hydrogens is 226 g/mol. The van der Waals surface area contributed by atoms with Crippen LogP contribution in [0.2, 0.25) is 0 Å². The number of aromatic carboxylic acids is 1. The normalized spacial score (nSPS) is 11.6. The maximum Gasteiger partial charge on any atom is 0.354 e. The molecule has 0 saturated carbocycles. The second-order valence-corrected chi connectivity index (χ2v) is 3.20. The number of hydrogen-bond acceptors (Lipinski definition) is 5. The molecule has 1 aromatic rings. The molecule has 0 fully saturated rings. The van der Waals surface area contributed by atoms with Gasteiger partial charge in [0.2, 0.25) is 0 Å². The highest BCUT2D eigenvalue weighted by atomic mass is 16.6. The zero-order valence-corrected chi connectivity index (χ0v) is 9.54. The van der Waals surface area contributed by atoms with Crippen molar-refractivity contribution in [2.24, 2.45) is 0 Å². The van der Waals surface area contributed by atoms with Crippen molar-refractivity contribution in [3.63, 3.8) is 0 Å². The lowest BCUT2D eigenvalue weighted by atomic mass is 10.3. The summed E-state index contributed by atoms with van der Waals surface area (Å²) in [5.74, 6) is -1.28. The molecule has 0 spiro atoms. The van der Waals surface area contributed by atoms with Gasteiger partial charge in [0.05, 0.1) is 12.8 Å². The van der Waals surface area contributed by atoms with Crippen molar-refractivity contribution in [3.8, 4) is 5.75 Å². The predicted octanol–water partition coefficient (Wildman–Crippen LogP) is 1.11. The van der Waals surface area contributed by atoms with Gasteiger partial charge in [-0.05, 0) is 26.0 Å². The second-order valence-electron chi connectivity index (χ2n) is 3.20. The van der Waals surface area contributed by atoms with Gasteiger partial charge in [-0.15, -0.1) is 0 Å². The van der Waals surface area contributed by atoms with Crippen LogP contribution in [0.25, 0.3) is 0 Å². The van der Waals surface area contributed by atoms with Crippen LogP contribution in [0.15, 0.2) is 18.3 Å². The first kappa shape index (κ1) is 13.0. The summed E-state index contributed by atoms with van der Waals surface area (Å²) >= 11 is 0. The van der Waals surface area contributed by atoms with Crippen LogP contribution < -0.4 is 4.74 Å². The van der Waals surface area contributed by atoms with Gasteiger partial charge in [0, 0.05) is 0 Å². The number of aromatic nitrogens is 1. The molecule has 1 aromatic heterocycles. The number of carbonyl (C=O) groups excluding carboxylic acids is 1. The molecule has 0 radical (unpaired) electrons. The summed E-state index contributed by atoms with van der Waals surface area (Å²) in [6.45, 7) is 3.53. The quantitative estimate of drug-likeness (QED) is 0.774. The van der Waals surface area contributed by atoms with Crippen molar-refractivity contribution in [2.75, 3.05) is 6.61 Å². The topological polar surface area (TPSA) is 85.7 Å². The Labute approximate surface area is 98.2 Å². The smallest absolute Gasteiger partial charge is 0.354 e. The minimum atomic E-state index is -1.12. The van der Waals surface area contributed by atoms with E-state index in [-0.39, 0.29) is 12.3 Å². The molecule has 6 nitrogen and oxygen atoms in total. The van der Waals surface area contributed by atoms with Gasteiger partial charge < -0.3 is 14.6 Å². The average molecular weight is 239 g/mol. The number of carboxylic acid groups (broad SMARTS) is 1. The molecule has 0 bridgehead atoms. The van der Waals surface area contributed by atoms with E-state index in [1.807, 2.05) is 0 Å². The number of nitrogens with zero attached hydrogens (tertiary/aromatic N) is 1. The first-order valence-corrected chi connectivity index (χ1v) is 5.07. The average Bonchev–Trinajstić information content (AvgIpc) is 2.30. The molecule has 1 heterocycles. The standard InChI is InChI=1S/C11H13NO5/c1-3-16-11(15)7(2)17-8-4-5-9(10(13)14)12-6-8/h4-7H,3H2,1-2H3,(H,13,14). The van der Waals surface area contributed by atoms with Crippen molar-refractivity contribution in [2.45, 2.75) is 20.0 Å². The van der Waals surface area contributed by atoms with Crippen LogP contribution in [0.3, 0.4) is 0 Å². The van der Waals surface area contributed by atoms with Crippen molar-refractivity contribution < 1.29 is 24.2 Å². The fourth-order valence-corrected chi connectivity index (χ4v) is 1.09. The summed E-state index contributed by atoms with van der Waals surface area (Å²) in [6.07, 6.45) is 0.492. The van der Waals surface area contributed by atoms with Crippen molar-refractivity contribution in [1.29, 1.82) is 0 Å². The Morgan fingerprint density at radius 2 is 2.18 bits per heavy atom. The van der Waals surface area contributed by atoms with E-state index < -0.39 is 18.0 Å². The Balaban J connectivity index is 2.63. The highest BCUT2D eigenvalue weighted by Gasteiger charge is 2.16. The maximum absolute atomic E-state index is 11.3. The highest BCUT2D eigenvalue weighted by Crippen LogP contribution is 2.11. The SMILES string of the molecule is CCOC(=O)C(C)Oc1ccc(C(=O)O)nc1. The molecule has 0 amide bonds. The Kier molecular flexibility index (Phi) is 4.45. The van der Waals surface area contributed by atoms with Crippen LogP contribution in [-0.4, -0.2) is 34.7 Å². The van der Waals surface area contributed by atoms with Crippen molar-refractivity contribution >= 4 is 11.9 Å². The van der Waals surface area contributed by atoms with E-state index >= 15 is 0 Å². The first-order valence-electron chi connectivity index (χ1n) is 5.07. The highest BCUT2D eigenvalue weighted by molar-refractivity contribution is 5.85. The molecule has 1 atom stereocenters. The maximum atomic E-state index is 11.3. The molecule has 6 heteroatoms. The zero-order chi connectivity index (χ0) is 12.8. The molecular formula is C11H13NO5. The van der Waals surface area contributed by atoms with Crippen LogP contribution in [-0.2, 0) is 9.53 Å². The molecule has 1 rings (SSSR count). The molecule has 1 unspecified atom stereocenters. The van der Waals surface area contributed by atoms with Gasteiger partial charge in [-0.25, -0.2) is 14.6 Å². The molecule has 0 aliphatic heterocycles. The Morgan fingerprint density at radius 3 is 2.65 bits per heavy atom. The summed E-state index contributed by atoms with van der Waals surface area (Å²) < 4.78 is 9.99. The monoisotopic (exact) mass is 239 g/mol. The zero-order valence-electron chi connectivity index (χ0n) is 9.54. The molecule has 0 aliphatic carbocycles. The molecule has 0 saturated heterocycles. The van der Waals surface area contributed by atoms with Crippen LogP contribution >= 0.6 is 0 Å². The Bertz CT molecular complexity index is 401. The lowest BCUT2D eigenvalue weighted by molar-refractivity contribution is -0.150. The summed E-state index contributed by atoms with van der Waals surface area (Å²) in [5, 5.41) is 8.64. The van der Waals surface area contributed by atoms with Gasteiger partial charge in [-0.2, -0.15) is 0 Å². The van der Waals surface area contributed by atoms with Gasteiger partial charge in [0.25, 0.3) is 0 Å². The van der Waals surface area contributed by atoms with Crippen LogP contribution in [0.4, 0.5) is 0 Å². The van der Waals surface area contributed by atoms with Gasteiger partial charge in [0.15, 0.2) is 6.10 Å². The molecule has 0 aliphatic rings. The number of pyridine rings is 1. The summed E-state index contributed by atoms with van der Waals surface area (Å²) in [6, 6.07) is 2.74. The third kappa shape index (κ3) is 3.75. The lowest BCUT2D eigenvalue weighted by Gasteiger charge is -2.12. The lowest BCUT2D eigenvalue weighted by Crippen LogP contribution is -2.26. The minimum Gasteiger partial charge on any atom is -0.477 e. The molecule has 0 aromatic carbocycles.